The number of rotatable bonds is 2. The largest absolute Gasteiger partial charge is 0.464 e. The molecular formula is C7H8N2O3. The van der Waals surface area contributed by atoms with E-state index < -0.39 is 5.97 Å². The number of hydrogen-bond acceptors (Lipinski definition) is 4. The van der Waals surface area contributed by atoms with Crippen LogP contribution >= 0.6 is 0 Å². The molecule has 0 amide bonds. The normalized spacial score (nSPS) is 10.4. The van der Waals surface area contributed by atoms with Crippen molar-refractivity contribution >= 4 is 12.2 Å². The van der Waals surface area contributed by atoms with E-state index in [1.807, 2.05) is 0 Å². The number of carbonyl (C=O) groups is 1. The van der Waals surface area contributed by atoms with Gasteiger partial charge in [-0.25, -0.2) is 4.79 Å². The molecule has 0 bridgehead atoms. The van der Waals surface area contributed by atoms with Gasteiger partial charge in [0.05, 0.1) is 19.0 Å². The fraction of sp³-hybridized carbons (Fsp3) is 0.143. The van der Waals surface area contributed by atoms with Crippen molar-refractivity contribution in [1.82, 2.24) is 4.98 Å². The maximum atomic E-state index is 10.9. The van der Waals surface area contributed by atoms with Crippen LogP contribution in [-0.2, 0) is 4.74 Å². The molecule has 0 saturated carbocycles. The fourth-order valence-electron chi connectivity index (χ4n) is 0.778. The minimum atomic E-state index is -0.451. The third-order valence-electron chi connectivity index (χ3n) is 1.31. The molecule has 0 unspecified atom stereocenters. The van der Waals surface area contributed by atoms with Crippen LogP contribution in [0.4, 0.5) is 0 Å². The zero-order valence-electron chi connectivity index (χ0n) is 6.44. The Morgan fingerprint density at radius 3 is 3.08 bits per heavy atom. The molecule has 5 nitrogen and oxygen atoms in total. The first-order chi connectivity index (χ1) is 5.77. The molecule has 0 aliphatic heterocycles. The van der Waals surface area contributed by atoms with Crippen LogP contribution in [-0.4, -0.2) is 29.5 Å². The molecule has 0 aliphatic rings. The summed E-state index contributed by atoms with van der Waals surface area (Å²) >= 11 is 0. The first kappa shape index (κ1) is 8.32. The van der Waals surface area contributed by atoms with E-state index in [0.29, 0.717) is 11.4 Å². The number of aromatic nitrogens is 1. The van der Waals surface area contributed by atoms with Crippen LogP contribution in [0.5, 0.6) is 0 Å². The van der Waals surface area contributed by atoms with E-state index in [2.05, 4.69) is 14.9 Å². The summed E-state index contributed by atoms with van der Waals surface area (Å²) in [5.74, 6) is -0.451. The number of nitrogens with zero attached hydrogens (tertiary/aromatic N) is 1. The molecule has 0 spiro atoms. The molecule has 0 atom stereocenters. The Kier molecular flexibility index (Phi) is 2.47. The molecular weight excluding hydrogens is 160 g/mol. The number of nitrogens with one attached hydrogen (secondary N) is 1. The Labute approximate surface area is 68.7 Å². The molecule has 0 aromatic carbocycles. The quantitative estimate of drug-likeness (QED) is 0.294. The number of ether oxygens (including phenoxy) is 1. The van der Waals surface area contributed by atoms with Crippen molar-refractivity contribution in [2.45, 2.75) is 0 Å². The first-order valence-corrected chi connectivity index (χ1v) is 3.22. The van der Waals surface area contributed by atoms with Crippen molar-refractivity contribution < 1.29 is 14.7 Å². The zero-order valence-corrected chi connectivity index (χ0v) is 6.44. The molecule has 12 heavy (non-hydrogen) atoms. The van der Waals surface area contributed by atoms with Crippen LogP contribution in [0.25, 0.3) is 0 Å². The Morgan fingerprint density at radius 1 is 1.75 bits per heavy atom. The lowest BCUT2D eigenvalue weighted by Crippen LogP contribution is -2.01. The summed E-state index contributed by atoms with van der Waals surface area (Å²) in [6.07, 6.45) is 1.19. The number of oxime groups is 1. The molecule has 2 N–H and O–H groups in total. The van der Waals surface area contributed by atoms with Gasteiger partial charge >= 0.3 is 5.97 Å². The van der Waals surface area contributed by atoms with Crippen molar-refractivity contribution in [2.75, 3.05) is 7.11 Å². The molecule has 1 rings (SSSR count). The standard InChI is InChI=1S/C7H8N2O3/c1-12-7(10)6-3-2-5(9-6)4-8-11/h2-4,9,11H,1H3/b8-4-. The Bertz CT molecular complexity index is 303. The van der Waals surface area contributed by atoms with Gasteiger partial charge < -0.3 is 14.9 Å². The van der Waals surface area contributed by atoms with Crippen LogP contribution in [0.15, 0.2) is 17.3 Å². The van der Waals surface area contributed by atoms with E-state index in [-0.39, 0.29) is 0 Å². The molecule has 5 heteroatoms. The zero-order chi connectivity index (χ0) is 8.97. The van der Waals surface area contributed by atoms with E-state index in [0.717, 1.165) is 0 Å². The Balaban J connectivity index is 2.84. The lowest BCUT2D eigenvalue weighted by Gasteiger charge is -1.92. The van der Waals surface area contributed by atoms with Crippen LogP contribution in [0.1, 0.15) is 16.2 Å². The maximum absolute atomic E-state index is 10.9. The second-order valence-electron chi connectivity index (χ2n) is 2.06. The monoisotopic (exact) mass is 168 g/mol. The predicted molar refractivity (Wildman–Crippen MR) is 41.5 cm³/mol. The number of methoxy groups -OCH3 is 1. The molecule has 1 aromatic heterocycles. The number of aromatic amines is 1. The maximum Gasteiger partial charge on any atom is 0.354 e. The number of hydrogen-bond donors (Lipinski definition) is 2. The van der Waals surface area contributed by atoms with E-state index in [1.54, 1.807) is 12.1 Å². The lowest BCUT2D eigenvalue weighted by atomic mass is 10.4. The number of H-pyrrole nitrogens is 1. The SMILES string of the molecule is COC(=O)c1ccc(/C=N\O)[nH]1. The molecule has 1 heterocycles. The Hall–Kier alpha value is -1.78. The van der Waals surface area contributed by atoms with Gasteiger partial charge in [0.15, 0.2) is 0 Å². The van der Waals surface area contributed by atoms with Gasteiger partial charge in [-0.1, -0.05) is 5.16 Å². The van der Waals surface area contributed by atoms with Crippen molar-refractivity contribution in [3.05, 3.63) is 23.5 Å². The summed E-state index contributed by atoms with van der Waals surface area (Å²) in [5, 5.41) is 11.0. The van der Waals surface area contributed by atoms with Gasteiger partial charge in [0.2, 0.25) is 0 Å². The molecule has 0 saturated heterocycles. The van der Waals surface area contributed by atoms with E-state index in [1.165, 1.54) is 13.3 Å². The molecule has 1 aromatic rings. The van der Waals surface area contributed by atoms with Gasteiger partial charge in [0.25, 0.3) is 0 Å². The highest BCUT2D eigenvalue weighted by atomic mass is 16.5. The summed E-state index contributed by atoms with van der Waals surface area (Å²) in [4.78, 5) is 13.6. The van der Waals surface area contributed by atoms with Gasteiger partial charge in [-0.2, -0.15) is 0 Å². The second-order valence-corrected chi connectivity index (χ2v) is 2.06. The molecule has 64 valence electrons. The smallest absolute Gasteiger partial charge is 0.354 e. The minimum Gasteiger partial charge on any atom is -0.464 e. The van der Waals surface area contributed by atoms with Gasteiger partial charge in [-0.15, -0.1) is 0 Å². The average Bonchev–Trinajstić information content (AvgIpc) is 2.52. The van der Waals surface area contributed by atoms with Crippen LogP contribution in [0.3, 0.4) is 0 Å². The molecule has 0 radical (unpaired) electrons. The van der Waals surface area contributed by atoms with E-state index in [4.69, 9.17) is 5.21 Å². The van der Waals surface area contributed by atoms with E-state index in [9.17, 15) is 4.79 Å². The van der Waals surface area contributed by atoms with Gasteiger partial charge in [-0.3, -0.25) is 0 Å². The summed E-state index contributed by atoms with van der Waals surface area (Å²) in [5.41, 5.74) is 0.866. The summed E-state index contributed by atoms with van der Waals surface area (Å²) in [6.45, 7) is 0. The first-order valence-electron chi connectivity index (χ1n) is 3.22. The number of carbonyl (C=O) groups excluding carboxylic acids is 1. The van der Waals surface area contributed by atoms with E-state index >= 15 is 0 Å². The highest BCUT2D eigenvalue weighted by molar-refractivity contribution is 5.89. The Morgan fingerprint density at radius 2 is 2.50 bits per heavy atom. The highest BCUT2D eigenvalue weighted by Crippen LogP contribution is 2.00. The summed E-state index contributed by atoms with van der Waals surface area (Å²) < 4.78 is 4.45. The fourth-order valence-corrected chi connectivity index (χ4v) is 0.778. The van der Waals surface area contributed by atoms with Gasteiger partial charge in [-0.05, 0) is 12.1 Å². The van der Waals surface area contributed by atoms with Crippen molar-refractivity contribution in [3.8, 4) is 0 Å². The second kappa shape index (κ2) is 3.56. The highest BCUT2D eigenvalue weighted by Gasteiger charge is 2.06. The van der Waals surface area contributed by atoms with Gasteiger partial charge in [0, 0.05) is 0 Å². The lowest BCUT2D eigenvalue weighted by molar-refractivity contribution is 0.0595. The summed E-state index contributed by atoms with van der Waals surface area (Å²) in [6, 6.07) is 3.15. The third-order valence-corrected chi connectivity index (χ3v) is 1.31. The van der Waals surface area contributed by atoms with Crippen LogP contribution < -0.4 is 0 Å². The summed E-state index contributed by atoms with van der Waals surface area (Å²) in [7, 11) is 1.29. The average molecular weight is 168 g/mol. The molecule has 0 fully saturated rings. The predicted octanol–water partition coefficient (Wildman–Crippen LogP) is 0.609. The van der Waals surface area contributed by atoms with Gasteiger partial charge in [0.1, 0.15) is 5.69 Å². The number of esters is 1. The minimum absolute atomic E-state index is 0.326. The molecule has 0 aliphatic carbocycles. The topological polar surface area (TPSA) is 74.7 Å². The van der Waals surface area contributed by atoms with Crippen molar-refractivity contribution in [2.24, 2.45) is 5.16 Å². The van der Waals surface area contributed by atoms with Crippen molar-refractivity contribution in [1.29, 1.82) is 0 Å². The van der Waals surface area contributed by atoms with Crippen LogP contribution in [0.2, 0.25) is 0 Å². The van der Waals surface area contributed by atoms with Crippen molar-refractivity contribution in [3.63, 3.8) is 0 Å². The third kappa shape index (κ3) is 1.63. The van der Waals surface area contributed by atoms with Crippen LogP contribution in [0, 0.1) is 0 Å².